The van der Waals surface area contributed by atoms with Gasteiger partial charge in [0.05, 0.1) is 0 Å². The molecule has 1 fully saturated rings. The Hall–Kier alpha value is -1.62. The van der Waals surface area contributed by atoms with Crippen molar-refractivity contribution < 1.29 is 13.9 Å². The largest absolute Gasteiger partial charge is 0.444 e. The Balaban J connectivity index is 2.03. The summed E-state index contributed by atoms with van der Waals surface area (Å²) in [7, 11) is 0. The SMILES string of the molecule is CC(C)(C)OC(=O)Nc1ccc(C2CCNCC2)c(F)c1. The van der Waals surface area contributed by atoms with Crippen LogP contribution in [-0.4, -0.2) is 24.8 Å². The van der Waals surface area contributed by atoms with E-state index >= 15 is 0 Å². The number of ether oxygens (including phenoxy) is 1. The number of nitrogens with one attached hydrogen (secondary N) is 2. The minimum atomic E-state index is -0.573. The van der Waals surface area contributed by atoms with E-state index in [1.165, 1.54) is 6.07 Å². The molecule has 1 aromatic rings. The van der Waals surface area contributed by atoms with Crippen molar-refractivity contribution in [1.29, 1.82) is 0 Å². The molecule has 0 unspecified atom stereocenters. The van der Waals surface area contributed by atoms with Gasteiger partial charge in [-0.3, -0.25) is 5.32 Å². The third kappa shape index (κ3) is 4.70. The van der Waals surface area contributed by atoms with E-state index in [0.717, 1.165) is 31.5 Å². The van der Waals surface area contributed by atoms with Gasteiger partial charge >= 0.3 is 6.09 Å². The third-order valence-electron chi connectivity index (χ3n) is 3.42. The highest BCUT2D eigenvalue weighted by Crippen LogP contribution is 2.29. The molecule has 5 heteroatoms. The molecular weight excluding hydrogens is 271 g/mol. The predicted octanol–water partition coefficient (Wildman–Crippen LogP) is 3.64. The maximum absolute atomic E-state index is 14.2. The zero-order valence-corrected chi connectivity index (χ0v) is 12.8. The standard InChI is InChI=1S/C16H23FN2O2/c1-16(2,3)21-15(20)19-12-4-5-13(14(17)10-12)11-6-8-18-9-7-11/h4-5,10-11,18H,6-9H2,1-3H3,(H,19,20). The maximum Gasteiger partial charge on any atom is 0.412 e. The lowest BCUT2D eigenvalue weighted by molar-refractivity contribution is 0.0636. The molecule has 2 rings (SSSR count). The van der Waals surface area contributed by atoms with Gasteiger partial charge in [0.2, 0.25) is 0 Å². The number of halogens is 1. The number of piperidine rings is 1. The van der Waals surface area contributed by atoms with Crippen LogP contribution in [0.25, 0.3) is 0 Å². The number of anilines is 1. The van der Waals surface area contributed by atoms with Crippen LogP contribution >= 0.6 is 0 Å². The van der Waals surface area contributed by atoms with Gasteiger partial charge in [-0.1, -0.05) is 6.07 Å². The van der Waals surface area contributed by atoms with Crippen molar-refractivity contribution in [2.75, 3.05) is 18.4 Å². The monoisotopic (exact) mass is 294 g/mol. The second-order valence-electron chi connectivity index (χ2n) is 6.39. The molecule has 21 heavy (non-hydrogen) atoms. The van der Waals surface area contributed by atoms with Crippen molar-refractivity contribution in [3.05, 3.63) is 29.6 Å². The van der Waals surface area contributed by atoms with Gasteiger partial charge in [-0.25, -0.2) is 9.18 Å². The fraction of sp³-hybridized carbons (Fsp3) is 0.562. The van der Waals surface area contributed by atoms with E-state index in [1.807, 2.05) is 0 Å². The highest BCUT2D eigenvalue weighted by molar-refractivity contribution is 5.84. The van der Waals surface area contributed by atoms with Gasteiger partial charge in [-0.2, -0.15) is 0 Å². The van der Waals surface area contributed by atoms with Crippen LogP contribution in [0.2, 0.25) is 0 Å². The molecule has 0 saturated carbocycles. The molecule has 0 aromatic heterocycles. The smallest absolute Gasteiger partial charge is 0.412 e. The minimum Gasteiger partial charge on any atom is -0.444 e. The lowest BCUT2D eigenvalue weighted by Crippen LogP contribution is -2.27. The minimum absolute atomic E-state index is 0.252. The van der Waals surface area contributed by atoms with Crippen LogP contribution in [0.4, 0.5) is 14.9 Å². The van der Waals surface area contributed by atoms with Crippen LogP contribution in [0.5, 0.6) is 0 Å². The Morgan fingerprint density at radius 3 is 2.57 bits per heavy atom. The van der Waals surface area contributed by atoms with Crippen LogP contribution in [-0.2, 0) is 4.74 Å². The van der Waals surface area contributed by atoms with E-state index in [9.17, 15) is 9.18 Å². The van der Waals surface area contributed by atoms with Gasteiger partial charge in [0.15, 0.2) is 0 Å². The molecule has 0 spiro atoms. The summed E-state index contributed by atoms with van der Waals surface area (Å²) in [4.78, 5) is 11.7. The Morgan fingerprint density at radius 1 is 1.33 bits per heavy atom. The molecule has 0 radical (unpaired) electrons. The second kappa shape index (κ2) is 6.43. The van der Waals surface area contributed by atoms with Gasteiger partial charge in [0.1, 0.15) is 11.4 Å². The first-order valence-electron chi connectivity index (χ1n) is 7.35. The molecule has 0 atom stereocenters. The lowest BCUT2D eigenvalue weighted by atomic mass is 9.90. The summed E-state index contributed by atoms with van der Waals surface area (Å²) in [6.07, 6.45) is 1.31. The van der Waals surface area contributed by atoms with E-state index in [0.29, 0.717) is 5.69 Å². The number of hydrogen-bond acceptors (Lipinski definition) is 3. The Bertz CT molecular complexity index is 505. The van der Waals surface area contributed by atoms with Crippen molar-refractivity contribution in [3.8, 4) is 0 Å². The average Bonchev–Trinajstić information content (AvgIpc) is 2.37. The fourth-order valence-electron chi connectivity index (χ4n) is 2.49. The average molecular weight is 294 g/mol. The number of benzene rings is 1. The Morgan fingerprint density at radius 2 is 2.00 bits per heavy atom. The molecule has 0 aliphatic carbocycles. The first kappa shape index (κ1) is 15.8. The summed E-state index contributed by atoms with van der Waals surface area (Å²) >= 11 is 0. The summed E-state index contributed by atoms with van der Waals surface area (Å²) in [5.41, 5.74) is 0.572. The summed E-state index contributed by atoms with van der Waals surface area (Å²) in [6, 6.07) is 4.85. The normalized spacial score (nSPS) is 16.6. The highest BCUT2D eigenvalue weighted by atomic mass is 19.1. The highest BCUT2D eigenvalue weighted by Gasteiger charge is 2.20. The van der Waals surface area contributed by atoms with E-state index in [2.05, 4.69) is 10.6 Å². The fourth-order valence-corrected chi connectivity index (χ4v) is 2.49. The quantitative estimate of drug-likeness (QED) is 0.875. The van der Waals surface area contributed by atoms with Gasteiger partial charge in [0, 0.05) is 5.69 Å². The molecule has 116 valence electrons. The number of carbonyl (C=O) groups is 1. The summed E-state index contributed by atoms with van der Waals surface area (Å²) in [5.74, 6) is -0.0164. The summed E-state index contributed by atoms with van der Waals surface area (Å²) in [5, 5.41) is 5.82. The molecular formula is C16H23FN2O2. The molecule has 1 heterocycles. The summed E-state index contributed by atoms with van der Waals surface area (Å²) in [6.45, 7) is 7.19. The van der Waals surface area contributed by atoms with Crippen molar-refractivity contribution >= 4 is 11.8 Å². The van der Waals surface area contributed by atoms with Crippen molar-refractivity contribution in [2.24, 2.45) is 0 Å². The molecule has 1 saturated heterocycles. The number of hydrogen-bond donors (Lipinski definition) is 2. The first-order valence-corrected chi connectivity index (χ1v) is 7.35. The van der Waals surface area contributed by atoms with Crippen molar-refractivity contribution in [3.63, 3.8) is 0 Å². The molecule has 1 amide bonds. The van der Waals surface area contributed by atoms with Crippen LogP contribution in [0.3, 0.4) is 0 Å². The van der Waals surface area contributed by atoms with Crippen molar-refractivity contribution in [1.82, 2.24) is 5.32 Å². The number of carbonyl (C=O) groups excluding carboxylic acids is 1. The zero-order valence-electron chi connectivity index (χ0n) is 12.8. The number of rotatable bonds is 2. The Labute approximate surface area is 125 Å². The number of amides is 1. The molecule has 1 aliphatic heterocycles. The zero-order chi connectivity index (χ0) is 15.5. The molecule has 0 bridgehead atoms. The van der Waals surface area contributed by atoms with Gasteiger partial charge in [-0.05, 0) is 70.3 Å². The van der Waals surface area contributed by atoms with Crippen LogP contribution in [0.15, 0.2) is 18.2 Å². The molecule has 4 nitrogen and oxygen atoms in total. The third-order valence-corrected chi connectivity index (χ3v) is 3.42. The maximum atomic E-state index is 14.2. The van der Waals surface area contributed by atoms with Gasteiger partial charge in [0.25, 0.3) is 0 Å². The van der Waals surface area contributed by atoms with E-state index in [4.69, 9.17) is 4.74 Å². The van der Waals surface area contributed by atoms with Crippen molar-refractivity contribution in [2.45, 2.75) is 45.1 Å². The molecule has 2 N–H and O–H groups in total. The first-order chi connectivity index (χ1) is 9.85. The van der Waals surface area contributed by atoms with Gasteiger partial charge < -0.3 is 10.1 Å². The molecule has 1 aliphatic rings. The van der Waals surface area contributed by atoms with E-state index in [-0.39, 0.29) is 11.7 Å². The van der Waals surface area contributed by atoms with Gasteiger partial charge in [-0.15, -0.1) is 0 Å². The summed E-state index contributed by atoms with van der Waals surface area (Å²) < 4.78 is 19.4. The topological polar surface area (TPSA) is 50.4 Å². The molecule has 1 aromatic carbocycles. The van der Waals surface area contributed by atoms with Crippen LogP contribution in [0.1, 0.15) is 45.1 Å². The second-order valence-corrected chi connectivity index (χ2v) is 6.39. The lowest BCUT2D eigenvalue weighted by Gasteiger charge is -2.24. The Kier molecular flexibility index (Phi) is 4.83. The van der Waals surface area contributed by atoms with E-state index < -0.39 is 11.7 Å². The van der Waals surface area contributed by atoms with E-state index in [1.54, 1.807) is 32.9 Å². The predicted molar refractivity (Wildman–Crippen MR) is 81.1 cm³/mol. The van der Waals surface area contributed by atoms with Crippen LogP contribution in [0, 0.1) is 5.82 Å². The van der Waals surface area contributed by atoms with Crippen LogP contribution < -0.4 is 10.6 Å².